The van der Waals surface area contributed by atoms with Gasteiger partial charge in [0, 0.05) is 11.5 Å². The molecule has 106 valence electrons. The first kappa shape index (κ1) is 14.5. The summed E-state index contributed by atoms with van der Waals surface area (Å²) in [5, 5.41) is 0. The van der Waals surface area contributed by atoms with Crippen LogP contribution in [0.5, 0.6) is 0 Å². The molecule has 2 nitrogen and oxygen atoms in total. The third-order valence-electron chi connectivity index (χ3n) is 4.85. The summed E-state index contributed by atoms with van der Waals surface area (Å²) in [5.41, 5.74) is 4.59. The summed E-state index contributed by atoms with van der Waals surface area (Å²) in [6.45, 7) is 4.63. The van der Waals surface area contributed by atoms with Crippen LogP contribution in [-0.4, -0.2) is 6.04 Å². The zero-order valence-corrected chi connectivity index (χ0v) is 12.4. The zero-order chi connectivity index (χ0) is 13.7. The molecule has 0 aromatic heterocycles. The Labute approximate surface area is 117 Å². The molecule has 0 heterocycles. The zero-order valence-electron chi connectivity index (χ0n) is 12.4. The van der Waals surface area contributed by atoms with E-state index in [4.69, 9.17) is 5.84 Å². The third-order valence-corrected chi connectivity index (χ3v) is 4.85. The molecule has 1 aromatic carbocycles. The Morgan fingerprint density at radius 1 is 1.05 bits per heavy atom. The van der Waals surface area contributed by atoms with Crippen molar-refractivity contribution in [3.05, 3.63) is 35.9 Å². The van der Waals surface area contributed by atoms with E-state index in [1.807, 2.05) is 0 Å². The quantitative estimate of drug-likeness (QED) is 0.491. The number of benzene rings is 1. The summed E-state index contributed by atoms with van der Waals surface area (Å²) in [6, 6.07) is 11.1. The lowest BCUT2D eigenvalue weighted by Crippen LogP contribution is -2.52. The fraction of sp³-hybridized carbons (Fsp3) is 0.647. The van der Waals surface area contributed by atoms with Crippen LogP contribution >= 0.6 is 0 Å². The molecule has 1 unspecified atom stereocenters. The molecular formula is C17H28N2. The maximum Gasteiger partial charge on any atom is 0.0330 e. The molecule has 19 heavy (non-hydrogen) atoms. The molecule has 2 rings (SSSR count). The molecule has 2 heteroatoms. The van der Waals surface area contributed by atoms with E-state index in [2.05, 4.69) is 49.6 Å². The number of hydrogen-bond acceptors (Lipinski definition) is 2. The van der Waals surface area contributed by atoms with Crippen molar-refractivity contribution in [1.29, 1.82) is 0 Å². The van der Waals surface area contributed by atoms with Crippen molar-refractivity contribution < 1.29 is 0 Å². The molecule has 1 atom stereocenters. The predicted octanol–water partition coefficient (Wildman–Crippen LogP) is 3.77. The number of rotatable bonds is 4. The lowest BCUT2D eigenvalue weighted by atomic mass is 9.71. The minimum Gasteiger partial charge on any atom is -0.271 e. The van der Waals surface area contributed by atoms with E-state index < -0.39 is 0 Å². The minimum absolute atomic E-state index is 0.0744. The Balaban J connectivity index is 2.19. The van der Waals surface area contributed by atoms with Gasteiger partial charge in [0.25, 0.3) is 0 Å². The molecule has 1 aliphatic carbocycles. The van der Waals surface area contributed by atoms with Crippen LogP contribution in [0.1, 0.15) is 57.9 Å². The van der Waals surface area contributed by atoms with Gasteiger partial charge in [0.1, 0.15) is 0 Å². The molecule has 0 aliphatic heterocycles. The van der Waals surface area contributed by atoms with Crippen LogP contribution in [-0.2, 0) is 5.41 Å². The highest BCUT2D eigenvalue weighted by molar-refractivity contribution is 5.26. The summed E-state index contributed by atoms with van der Waals surface area (Å²) < 4.78 is 0. The second kappa shape index (κ2) is 6.53. The van der Waals surface area contributed by atoms with Crippen LogP contribution < -0.4 is 11.3 Å². The number of hydrogen-bond donors (Lipinski definition) is 2. The molecule has 1 aliphatic rings. The summed E-state index contributed by atoms with van der Waals surface area (Å²) in [5.74, 6) is 6.63. The lowest BCUT2D eigenvalue weighted by molar-refractivity contribution is 0.226. The van der Waals surface area contributed by atoms with Crippen molar-refractivity contribution in [2.75, 3.05) is 0 Å². The molecule has 0 bridgehead atoms. The van der Waals surface area contributed by atoms with Gasteiger partial charge in [-0.25, -0.2) is 0 Å². The number of nitrogens with two attached hydrogens (primary N) is 1. The van der Waals surface area contributed by atoms with Gasteiger partial charge in [-0.05, 0) is 24.3 Å². The van der Waals surface area contributed by atoms with Gasteiger partial charge >= 0.3 is 0 Å². The van der Waals surface area contributed by atoms with Crippen LogP contribution in [0.25, 0.3) is 0 Å². The monoisotopic (exact) mass is 260 g/mol. The van der Waals surface area contributed by atoms with E-state index in [0.717, 1.165) is 0 Å². The van der Waals surface area contributed by atoms with Gasteiger partial charge in [-0.2, -0.15) is 0 Å². The Bertz CT molecular complexity index is 364. The topological polar surface area (TPSA) is 38.0 Å². The Morgan fingerprint density at radius 2 is 1.63 bits per heavy atom. The first-order valence-corrected chi connectivity index (χ1v) is 7.68. The highest BCUT2D eigenvalue weighted by Gasteiger charge is 2.36. The number of nitrogens with one attached hydrogen (secondary N) is 1. The predicted molar refractivity (Wildman–Crippen MR) is 81.8 cm³/mol. The normalized spacial score (nSPS) is 19.9. The van der Waals surface area contributed by atoms with Crippen LogP contribution in [0.2, 0.25) is 0 Å². The van der Waals surface area contributed by atoms with Crippen molar-refractivity contribution in [2.45, 2.75) is 63.8 Å². The summed E-state index contributed by atoms with van der Waals surface area (Å²) >= 11 is 0. The first-order valence-electron chi connectivity index (χ1n) is 7.68. The van der Waals surface area contributed by atoms with Crippen molar-refractivity contribution >= 4 is 0 Å². The van der Waals surface area contributed by atoms with Crippen molar-refractivity contribution in [2.24, 2.45) is 11.8 Å². The Hall–Kier alpha value is -0.860. The van der Waals surface area contributed by atoms with Gasteiger partial charge in [0.15, 0.2) is 0 Å². The maximum absolute atomic E-state index is 5.93. The molecular weight excluding hydrogens is 232 g/mol. The van der Waals surface area contributed by atoms with E-state index in [9.17, 15) is 0 Å². The van der Waals surface area contributed by atoms with Gasteiger partial charge in [0.2, 0.25) is 0 Å². The maximum atomic E-state index is 5.93. The Morgan fingerprint density at radius 3 is 2.16 bits per heavy atom. The summed E-state index contributed by atoms with van der Waals surface area (Å²) in [6.07, 6.45) is 8.11. The van der Waals surface area contributed by atoms with Gasteiger partial charge in [-0.3, -0.25) is 11.3 Å². The fourth-order valence-corrected chi connectivity index (χ4v) is 3.63. The molecule has 1 fully saturated rings. The van der Waals surface area contributed by atoms with Gasteiger partial charge in [0.05, 0.1) is 0 Å². The molecule has 1 saturated carbocycles. The van der Waals surface area contributed by atoms with Crippen LogP contribution in [0, 0.1) is 5.92 Å². The second-order valence-corrected chi connectivity index (χ2v) is 6.48. The summed E-state index contributed by atoms with van der Waals surface area (Å²) in [7, 11) is 0. The highest BCUT2D eigenvalue weighted by Crippen LogP contribution is 2.36. The van der Waals surface area contributed by atoms with E-state index in [1.165, 1.54) is 44.1 Å². The largest absolute Gasteiger partial charge is 0.271 e. The minimum atomic E-state index is 0.0744. The molecule has 0 spiro atoms. The SMILES string of the molecule is CC(C)(c1ccccc1)C(NN)C1CCCCCC1. The van der Waals surface area contributed by atoms with Crippen molar-refractivity contribution in [3.63, 3.8) is 0 Å². The van der Waals surface area contributed by atoms with E-state index in [0.29, 0.717) is 12.0 Å². The Kier molecular flexibility index (Phi) is 5.00. The highest BCUT2D eigenvalue weighted by atomic mass is 15.2. The first-order chi connectivity index (χ1) is 9.16. The van der Waals surface area contributed by atoms with Crippen LogP contribution in [0.15, 0.2) is 30.3 Å². The molecule has 1 aromatic rings. The van der Waals surface area contributed by atoms with E-state index in [1.54, 1.807) is 0 Å². The van der Waals surface area contributed by atoms with Crippen molar-refractivity contribution in [3.8, 4) is 0 Å². The second-order valence-electron chi connectivity index (χ2n) is 6.48. The van der Waals surface area contributed by atoms with Gasteiger partial charge in [-0.15, -0.1) is 0 Å². The number of hydrazine groups is 1. The molecule has 3 N–H and O–H groups in total. The van der Waals surface area contributed by atoms with Gasteiger partial charge < -0.3 is 0 Å². The van der Waals surface area contributed by atoms with E-state index >= 15 is 0 Å². The average Bonchev–Trinajstić information content (AvgIpc) is 2.69. The molecule has 0 saturated heterocycles. The average molecular weight is 260 g/mol. The fourth-order valence-electron chi connectivity index (χ4n) is 3.63. The smallest absolute Gasteiger partial charge is 0.0330 e. The van der Waals surface area contributed by atoms with Crippen LogP contribution in [0.3, 0.4) is 0 Å². The molecule has 0 amide bonds. The standard InChI is InChI=1S/C17H28N2/c1-17(2,15-12-8-5-9-13-15)16(19-18)14-10-6-3-4-7-11-14/h5,8-9,12-14,16,19H,3-4,6-7,10-11,18H2,1-2H3. The van der Waals surface area contributed by atoms with Crippen LogP contribution in [0.4, 0.5) is 0 Å². The summed E-state index contributed by atoms with van der Waals surface area (Å²) in [4.78, 5) is 0. The lowest BCUT2D eigenvalue weighted by Gasteiger charge is -2.39. The molecule has 0 radical (unpaired) electrons. The van der Waals surface area contributed by atoms with Crippen molar-refractivity contribution in [1.82, 2.24) is 5.43 Å². The third kappa shape index (κ3) is 3.37. The van der Waals surface area contributed by atoms with E-state index in [-0.39, 0.29) is 5.41 Å². The van der Waals surface area contributed by atoms with Gasteiger partial charge in [-0.1, -0.05) is 69.9 Å².